The lowest BCUT2D eigenvalue weighted by atomic mass is 9.86. The molecule has 0 aliphatic carbocycles. The van der Waals surface area contributed by atoms with Gasteiger partial charge in [-0.05, 0) is 332 Å². The van der Waals surface area contributed by atoms with Crippen LogP contribution in [0, 0.1) is 41.5 Å². The molecule has 0 radical (unpaired) electrons. The summed E-state index contributed by atoms with van der Waals surface area (Å²) in [4.78, 5) is 51.4. The molecule has 10 heterocycles. The number of anilines is 12. The quantitative estimate of drug-likeness (QED) is 0.0176. The predicted molar refractivity (Wildman–Crippen MR) is 561 cm³/mol. The molecule has 1 amide bonds. The predicted octanol–water partition coefficient (Wildman–Crippen LogP) is 19.4. The standard InChI is InChI=1S/C36H48N8O4S.C35H46F2N6O4S.C32H43N7O5S2/c1-22(2)48-30-21-27(26-12-18-44(19-13-26)32(45)14-17-43-15-9-16-43)24(5)20-29(30)38-36-39-34(33-25(6)41-42-35(33)40-36)37-28-10-7-8-11-31(28)49(46,47)23(3)4;1-20(2)47-28-17-25(24-12-14-43(15-13-24)19-30(44)35(7,36)37)22(5)16-27(28)40-34-41-32-31(23(6)18-38-32)33(42-34)39-26-10-8-9-11-29(26)48(45,46)21(3)4;1-8-45(40,41)39-15-13-23(14-16-39)24-18-27(44-19(2)3)26(17-21(24)6)34-32-35-30(29-22(7)37-38-31(29)36-32)33-25-11-9-10-12-28(25)46(42,43)20(4)5/h7-8,10-11,20-23,26H,9,12-19H2,1-6H3,(H3,37,38,39,40,41,42);8-11,16-18,20-21,24,30,44H,12-15,19H2,1-7H3,(H3,38,39,40,41,42);9-12,17-20,23H,8,13-16H2,1-7H3,(H3,33,34,35,36,37,38)/t;30-;/m.1./s1. The number of sulfone groups is 3. The molecule has 6 aromatic carbocycles. The van der Waals surface area contributed by atoms with Gasteiger partial charge in [0, 0.05) is 70.2 Å². The maximum Gasteiger partial charge on any atom is 0.271 e. The van der Waals surface area contributed by atoms with Gasteiger partial charge < -0.3 is 70.9 Å². The van der Waals surface area contributed by atoms with Crippen molar-refractivity contribution < 1.29 is 66.6 Å². The number of aliphatic hydroxyl groups excluding tert-OH is 1. The van der Waals surface area contributed by atoms with E-state index in [1.54, 1.807) is 126 Å². The van der Waals surface area contributed by atoms with E-state index in [9.17, 15) is 52.4 Å². The van der Waals surface area contributed by atoms with Crippen LogP contribution in [0.5, 0.6) is 17.2 Å². The first-order valence-electron chi connectivity index (χ1n) is 49.3. The fourth-order valence-electron chi connectivity index (χ4n) is 18.4. The number of β-amino-alcohol motifs (C(OH)–C–C–N with tert-alkyl or cyclic N) is 1. The number of nitrogens with zero attached hydrogens (tertiary/aromatic N) is 12. The Morgan fingerprint density at radius 3 is 1.16 bits per heavy atom. The highest BCUT2D eigenvalue weighted by molar-refractivity contribution is 7.92. The molecule has 34 nitrogen and oxygen atoms in total. The Balaban J connectivity index is 0.000000170. The van der Waals surface area contributed by atoms with Gasteiger partial charge in [-0.1, -0.05) is 36.4 Å². The van der Waals surface area contributed by atoms with E-state index in [4.69, 9.17) is 39.1 Å². The van der Waals surface area contributed by atoms with Gasteiger partial charge in [0.25, 0.3) is 5.92 Å². The van der Waals surface area contributed by atoms with E-state index in [0.29, 0.717) is 135 Å². The van der Waals surface area contributed by atoms with Gasteiger partial charge in [0.2, 0.25) is 33.8 Å². The van der Waals surface area contributed by atoms with Crippen molar-refractivity contribution in [3.8, 4) is 17.2 Å². The highest BCUT2D eigenvalue weighted by Gasteiger charge is 2.38. The number of hydrogen-bond acceptors (Lipinski definition) is 29. The molecule has 0 unspecified atom stereocenters. The minimum absolute atomic E-state index is 0.0551. The van der Waals surface area contributed by atoms with Crippen molar-refractivity contribution >= 4 is 148 Å². The van der Waals surface area contributed by atoms with Crippen LogP contribution >= 0.6 is 0 Å². The van der Waals surface area contributed by atoms with E-state index >= 15 is 0 Å². The van der Waals surface area contributed by atoms with Crippen LogP contribution in [0.25, 0.3) is 33.1 Å². The summed E-state index contributed by atoms with van der Waals surface area (Å²) in [6.45, 7) is 42.8. The van der Waals surface area contributed by atoms with Crippen molar-refractivity contribution in [2.24, 2.45) is 0 Å². The number of likely N-dealkylation sites (tertiary alicyclic amines) is 3. The number of aromatic amines is 3. The van der Waals surface area contributed by atoms with Gasteiger partial charge in [-0.2, -0.15) is 40.1 Å². The molecule has 143 heavy (non-hydrogen) atoms. The first kappa shape index (κ1) is 107. The number of amides is 1. The Kier molecular flexibility index (Phi) is 33.5. The van der Waals surface area contributed by atoms with Crippen molar-refractivity contribution in [2.45, 2.75) is 268 Å². The number of fused-ring (bicyclic) bond motifs is 3. The Morgan fingerprint density at radius 2 is 0.811 bits per heavy atom. The molecule has 770 valence electrons. The van der Waals surface area contributed by atoms with Crippen LogP contribution in [0.4, 0.5) is 78.2 Å². The molecule has 4 saturated heterocycles. The maximum atomic E-state index is 13.6. The molecule has 10 N–H and O–H groups in total. The van der Waals surface area contributed by atoms with Gasteiger partial charge >= 0.3 is 0 Å². The van der Waals surface area contributed by atoms with Gasteiger partial charge in [-0.15, -0.1) is 0 Å². The third-order valence-electron chi connectivity index (χ3n) is 26.6. The Hall–Kier alpha value is -11.8. The highest BCUT2D eigenvalue weighted by Crippen LogP contribution is 2.46. The summed E-state index contributed by atoms with van der Waals surface area (Å²) < 4.78 is 151. The number of carbonyl (C=O) groups excluding carboxylic acids is 1. The zero-order chi connectivity index (χ0) is 103. The molecule has 1 atom stereocenters. The Labute approximate surface area is 837 Å². The monoisotopic (exact) mass is 2040 g/mol. The smallest absolute Gasteiger partial charge is 0.271 e. The number of sulfonamides is 1. The summed E-state index contributed by atoms with van der Waals surface area (Å²) in [7, 11) is -13.9. The lowest BCUT2D eigenvalue weighted by molar-refractivity contribution is -0.132. The maximum absolute atomic E-state index is 13.6. The molecule has 4 fully saturated rings. The van der Waals surface area contributed by atoms with E-state index in [1.165, 1.54) is 12.0 Å². The number of rotatable bonds is 35. The second-order valence-electron chi connectivity index (χ2n) is 39.3. The van der Waals surface area contributed by atoms with Gasteiger partial charge in [0.05, 0.1) is 105 Å². The second-order valence-corrected chi connectivity index (χ2v) is 49.0. The second kappa shape index (κ2) is 44.8. The SMILES string of the molecule is CCS(=O)(=O)N1CCC(c2cc(OC(C)C)c(Nc3nc(Nc4ccccc4S(=O)(=O)C(C)C)c4c(C)[nH]nc4n3)cc2C)CC1.Cc1cc(Nc2nc(Nc3ccccc3S(=O)(=O)C(C)C)c3c(C)[nH]nc3n2)c(OC(C)C)cc1C1CCN(C(=O)CCN2CCC2)CC1.Cc1cc(Nc2nc(Nc3ccccc3S(=O)(=O)C(C)C)c3c(C)c[nH]c3n2)c(OC(C)C)cc1C1CCN(C[C@@H](O)C(C)(F)F)CC1. The molecular formula is C103H137F2N21O13S4. The lowest BCUT2D eigenvalue weighted by Gasteiger charge is -2.35. The topological polar surface area (TPSA) is 437 Å². The van der Waals surface area contributed by atoms with Gasteiger partial charge in [-0.3, -0.25) is 15.0 Å². The number of benzene rings is 6. The zero-order valence-electron chi connectivity index (χ0n) is 85.3. The van der Waals surface area contributed by atoms with E-state index in [0.717, 1.165) is 128 Å². The van der Waals surface area contributed by atoms with Crippen LogP contribution < -0.4 is 46.1 Å². The van der Waals surface area contributed by atoms with E-state index in [1.807, 2.05) is 116 Å². The molecule has 6 aromatic heterocycles. The molecule has 0 bridgehead atoms. The molecule has 12 aromatic rings. The minimum Gasteiger partial charge on any atom is -0.489 e. The Morgan fingerprint density at radius 1 is 0.455 bits per heavy atom. The van der Waals surface area contributed by atoms with Crippen molar-refractivity contribution in [3.05, 3.63) is 166 Å². The van der Waals surface area contributed by atoms with Crippen molar-refractivity contribution in [1.82, 2.24) is 74.3 Å². The number of aliphatic hydroxyl groups is 1. The number of ether oxygens (including phenoxy) is 3. The summed E-state index contributed by atoms with van der Waals surface area (Å²) >= 11 is 0. The van der Waals surface area contributed by atoms with Crippen molar-refractivity contribution in [1.29, 1.82) is 0 Å². The highest BCUT2D eigenvalue weighted by atomic mass is 32.2. The van der Waals surface area contributed by atoms with E-state index in [2.05, 4.69) is 86.2 Å². The number of carbonyl (C=O) groups is 1. The fourth-order valence-corrected chi connectivity index (χ4v) is 23.2. The molecule has 4 aliphatic heterocycles. The third kappa shape index (κ3) is 25.1. The summed E-state index contributed by atoms with van der Waals surface area (Å²) in [5.41, 5.74) is 13.8. The molecule has 0 saturated carbocycles. The number of H-pyrrole nitrogens is 3. The average Bonchev–Trinajstić information content (AvgIpc) is 1.69. The van der Waals surface area contributed by atoms with Crippen LogP contribution in [-0.4, -0.2) is 236 Å². The number of halogens is 2. The average molecular weight is 2040 g/mol. The van der Waals surface area contributed by atoms with E-state index in [-0.39, 0.29) is 80.9 Å². The van der Waals surface area contributed by atoms with Crippen LogP contribution in [0.2, 0.25) is 0 Å². The molecular weight excluding hydrogens is 1910 g/mol. The fraction of sp³-hybridized carbons (Fsp3) is 0.485. The van der Waals surface area contributed by atoms with Gasteiger partial charge in [0.15, 0.2) is 40.8 Å². The number of alkyl halides is 2. The van der Waals surface area contributed by atoms with Crippen molar-refractivity contribution in [3.63, 3.8) is 0 Å². The molecule has 4 aliphatic rings. The third-order valence-corrected chi connectivity index (χ3v) is 35.1. The number of hydrogen-bond donors (Lipinski definition) is 10. The number of nitrogens with one attached hydrogen (secondary N) is 9. The number of aromatic nitrogens is 11. The number of para-hydroxylation sites is 3. The molecule has 16 rings (SSSR count). The largest absolute Gasteiger partial charge is 0.489 e. The first-order chi connectivity index (χ1) is 67.6. The zero-order valence-corrected chi connectivity index (χ0v) is 88.5. The molecule has 40 heteroatoms. The van der Waals surface area contributed by atoms with Crippen LogP contribution in [0.15, 0.2) is 130 Å². The summed E-state index contributed by atoms with van der Waals surface area (Å²) in [5, 5.41) is 44.7. The number of aryl methyl sites for hydroxylation is 6. The van der Waals surface area contributed by atoms with E-state index < -0.39 is 67.3 Å². The number of piperidine rings is 3. The summed E-state index contributed by atoms with van der Waals surface area (Å²) in [5.74, 6) is 2.01. The van der Waals surface area contributed by atoms with Crippen LogP contribution in [0.1, 0.15) is 216 Å². The normalized spacial score (nSPS) is 15.6. The van der Waals surface area contributed by atoms with Crippen LogP contribution in [-0.2, 0) is 44.3 Å². The minimum atomic E-state index is -3.58. The van der Waals surface area contributed by atoms with Crippen molar-refractivity contribution in [2.75, 3.05) is 103 Å². The van der Waals surface area contributed by atoms with Gasteiger partial charge in [0.1, 0.15) is 46.5 Å². The molecule has 0 spiro atoms. The van der Waals surface area contributed by atoms with Crippen LogP contribution in [0.3, 0.4) is 0 Å². The Bertz CT molecular complexity index is 7070. The first-order valence-corrected chi connectivity index (χ1v) is 55.5. The lowest BCUT2D eigenvalue weighted by Crippen LogP contribution is -2.44. The van der Waals surface area contributed by atoms with Gasteiger partial charge in [-0.25, -0.2) is 46.8 Å². The summed E-state index contributed by atoms with van der Waals surface area (Å²) in [6, 6.07) is 32.7. The summed E-state index contributed by atoms with van der Waals surface area (Å²) in [6.07, 6.45) is 6.49.